The topological polar surface area (TPSA) is 55.2 Å². The summed E-state index contributed by atoms with van der Waals surface area (Å²) in [5, 5.41) is 9.72. The third-order valence-corrected chi connectivity index (χ3v) is 2.86. The van der Waals surface area contributed by atoms with Gasteiger partial charge < -0.3 is 9.84 Å². The molecule has 0 saturated heterocycles. The van der Waals surface area contributed by atoms with Crippen LogP contribution in [0, 0.1) is 6.92 Å². The van der Waals surface area contributed by atoms with Crippen molar-refractivity contribution >= 4 is 0 Å². The van der Waals surface area contributed by atoms with E-state index in [2.05, 4.69) is 9.97 Å². The van der Waals surface area contributed by atoms with Crippen molar-refractivity contribution in [2.24, 2.45) is 0 Å². The van der Waals surface area contributed by atoms with E-state index in [-0.39, 0.29) is 0 Å². The van der Waals surface area contributed by atoms with Crippen molar-refractivity contribution in [3.8, 4) is 11.6 Å². The number of hydrogen-bond acceptors (Lipinski definition) is 4. The number of aromatic nitrogens is 2. The Morgan fingerprint density at radius 2 is 2.11 bits per heavy atom. The van der Waals surface area contributed by atoms with Gasteiger partial charge >= 0.3 is 0 Å². The van der Waals surface area contributed by atoms with Gasteiger partial charge in [-0.15, -0.1) is 0 Å². The predicted octanol–water partition coefficient (Wildman–Crippen LogP) is 3.19. The summed E-state index contributed by atoms with van der Waals surface area (Å²) in [6.45, 7) is 5.67. The van der Waals surface area contributed by atoms with Crippen molar-refractivity contribution in [2.75, 3.05) is 0 Å². The van der Waals surface area contributed by atoms with Gasteiger partial charge in [0.1, 0.15) is 0 Å². The SMILES string of the molecule is CCc1nc(C)ccc1Oc1ncccc1[C@H](C)O. The molecule has 19 heavy (non-hydrogen) atoms. The third kappa shape index (κ3) is 3.09. The highest BCUT2D eigenvalue weighted by Crippen LogP contribution is 2.29. The summed E-state index contributed by atoms with van der Waals surface area (Å²) in [4.78, 5) is 8.63. The zero-order chi connectivity index (χ0) is 13.8. The molecule has 0 bridgehead atoms. The Kier molecular flexibility index (Phi) is 4.12. The first kappa shape index (κ1) is 13.5. The molecule has 0 aliphatic carbocycles. The van der Waals surface area contributed by atoms with Gasteiger partial charge in [-0.2, -0.15) is 0 Å². The Hall–Kier alpha value is -1.94. The first-order valence-corrected chi connectivity index (χ1v) is 6.39. The summed E-state index contributed by atoms with van der Waals surface area (Å²) in [5.74, 6) is 1.12. The van der Waals surface area contributed by atoms with Gasteiger partial charge in [0.25, 0.3) is 0 Å². The molecular weight excluding hydrogens is 240 g/mol. The summed E-state index contributed by atoms with van der Waals surface area (Å²) in [6, 6.07) is 7.38. The summed E-state index contributed by atoms with van der Waals surface area (Å²) in [5.41, 5.74) is 2.52. The Labute approximate surface area is 113 Å². The van der Waals surface area contributed by atoms with Crippen LogP contribution >= 0.6 is 0 Å². The second-order valence-electron chi connectivity index (χ2n) is 4.43. The van der Waals surface area contributed by atoms with Crippen molar-refractivity contribution in [1.82, 2.24) is 9.97 Å². The van der Waals surface area contributed by atoms with Crippen molar-refractivity contribution in [3.05, 3.63) is 47.4 Å². The quantitative estimate of drug-likeness (QED) is 0.915. The van der Waals surface area contributed by atoms with Crippen LogP contribution in [0.3, 0.4) is 0 Å². The fraction of sp³-hybridized carbons (Fsp3) is 0.333. The number of aliphatic hydroxyl groups excluding tert-OH is 1. The smallest absolute Gasteiger partial charge is 0.225 e. The maximum Gasteiger partial charge on any atom is 0.225 e. The van der Waals surface area contributed by atoms with E-state index in [0.29, 0.717) is 17.2 Å². The van der Waals surface area contributed by atoms with E-state index in [0.717, 1.165) is 17.8 Å². The fourth-order valence-electron chi connectivity index (χ4n) is 1.85. The van der Waals surface area contributed by atoms with Crippen LogP contribution in [0.5, 0.6) is 11.6 Å². The van der Waals surface area contributed by atoms with Gasteiger partial charge in [-0.1, -0.05) is 6.92 Å². The first-order valence-electron chi connectivity index (χ1n) is 6.39. The van der Waals surface area contributed by atoms with Crippen LogP contribution in [-0.2, 0) is 6.42 Å². The fourth-order valence-corrected chi connectivity index (χ4v) is 1.85. The van der Waals surface area contributed by atoms with Gasteiger partial charge in [0.15, 0.2) is 5.75 Å². The van der Waals surface area contributed by atoms with E-state index in [1.807, 2.05) is 26.0 Å². The van der Waals surface area contributed by atoms with Crippen LogP contribution < -0.4 is 4.74 Å². The zero-order valence-electron chi connectivity index (χ0n) is 11.4. The second kappa shape index (κ2) is 5.80. The van der Waals surface area contributed by atoms with Crippen molar-refractivity contribution in [3.63, 3.8) is 0 Å². The highest BCUT2D eigenvalue weighted by Gasteiger charge is 2.13. The zero-order valence-corrected chi connectivity index (χ0v) is 11.4. The molecular formula is C15H18N2O2. The van der Waals surface area contributed by atoms with Crippen LogP contribution in [0.1, 0.15) is 36.9 Å². The molecule has 0 aliphatic rings. The average Bonchev–Trinajstić information content (AvgIpc) is 2.41. The number of nitrogens with zero attached hydrogens (tertiary/aromatic N) is 2. The maximum atomic E-state index is 9.72. The molecule has 2 heterocycles. The molecule has 2 aromatic heterocycles. The molecule has 0 spiro atoms. The minimum absolute atomic E-state index is 0.429. The molecule has 4 heteroatoms. The average molecular weight is 258 g/mol. The summed E-state index contributed by atoms with van der Waals surface area (Å²) >= 11 is 0. The standard InChI is InChI=1S/C15H18N2O2/c1-4-13-14(8-7-10(2)17-13)19-15-12(11(3)18)6-5-9-16-15/h5-9,11,18H,4H2,1-3H3/t11-/m0/s1. The molecule has 0 amide bonds. The number of aliphatic hydroxyl groups is 1. The van der Waals surface area contributed by atoms with Crippen LogP contribution in [0.4, 0.5) is 0 Å². The van der Waals surface area contributed by atoms with E-state index in [1.54, 1.807) is 25.3 Å². The van der Waals surface area contributed by atoms with Gasteiger partial charge in [-0.05, 0) is 44.5 Å². The molecule has 1 atom stereocenters. The Bertz CT molecular complexity index is 568. The molecule has 0 radical (unpaired) electrons. The molecule has 0 aromatic carbocycles. The Balaban J connectivity index is 2.36. The normalized spacial score (nSPS) is 12.2. The first-order chi connectivity index (χ1) is 9.11. The minimum Gasteiger partial charge on any atom is -0.437 e. The predicted molar refractivity (Wildman–Crippen MR) is 73.3 cm³/mol. The number of aryl methyl sites for hydroxylation is 2. The minimum atomic E-state index is -0.618. The number of hydrogen-bond donors (Lipinski definition) is 1. The summed E-state index contributed by atoms with van der Waals surface area (Å²) in [6.07, 6.45) is 1.81. The van der Waals surface area contributed by atoms with Gasteiger partial charge in [0.2, 0.25) is 5.88 Å². The van der Waals surface area contributed by atoms with E-state index >= 15 is 0 Å². The number of ether oxygens (including phenoxy) is 1. The van der Waals surface area contributed by atoms with E-state index in [4.69, 9.17) is 4.74 Å². The van der Waals surface area contributed by atoms with Gasteiger partial charge in [0, 0.05) is 17.5 Å². The molecule has 0 aliphatic heterocycles. The number of pyridine rings is 2. The Morgan fingerprint density at radius 1 is 1.32 bits per heavy atom. The third-order valence-electron chi connectivity index (χ3n) is 2.86. The summed E-state index contributed by atoms with van der Waals surface area (Å²) < 4.78 is 5.81. The van der Waals surface area contributed by atoms with Gasteiger partial charge in [0.05, 0.1) is 11.8 Å². The van der Waals surface area contributed by atoms with Gasteiger partial charge in [-0.3, -0.25) is 4.98 Å². The highest BCUT2D eigenvalue weighted by atomic mass is 16.5. The van der Waals surface area contributed by atoms with E-state index < -0.39 is 6.10 Å². The lowest BCUT2D eigenvalue weighted by Gasteiger charge is -2.13. The Morgan fingerprint density at radius 3 is 2.79 bits per heavy atom. The molecule has 1 N–H and O–H groups in total. The molecule has 100 valence electrons. The van der Waals surface area contributed by atoms with Crippen molar-refractivity contribution < 1.29 is 9.84 Å². The highest BCUT2D eigenvalue weighted by molar-refractivity contribution is 5.36. The van der Waals surface area contributed by atoms with Crippen molar-refractivity contribution in [2.45, 2.75) is 33.3 Å². The van der Waals surface area contributed by atoms with Crippen LogP contribution in [0.2, 0.25) is 0 Å². The lowest BCUT2D eigenvalue weighted by Crippen LogP contribution is -2.01. The summed E-state index contributed by atoms with van der Waals surface area (Å²) in [7, 11) is 0. The lowest BCUT2D eigenvalue weighted by atomic mass is 10.2. The molecule has 0 unspecified atom stereocenters. The maximum absolute atomic E-state index is 9.72. The monoisotopic (exact) mass is 258 g/mol. The van der Waals surface area contributed by atoms with Crippen LogP contribution in [0.15, 0.2) is 30.5 Å². The van der Waals surface area contributed by atoms with Crippen LogP contribution in [0.25, 0.3) is 0 Å². The van der Waals surface area contributed by atoms with Crippen molar-refractivity contribution in [1.29, 1.82) is 0 Å². The van der Waals surface area contributed by atoms with Crippen LogP contribution in [-0.4, -0.2) is 15.1 Å². The van der Waals surface area contributed by atoms with E-state index in [9.17, 15) is 5.11 Å². The molecule has 2 aromatic rings. The molecule has 0 saturated carbocycles. The second-order valence-corrected chi connectivity index (χ2v) is 4.43. The molecule has 2 rings (SSSR count). The number of rotatable bonds is 4. The largest absolute Gasteiger partial charge is 0.437 e. The molecule has 4 nitrogen and oxygen atoms in total. The van der Waals surface area contributed by atoms with E-state index in [1.165, 1.54) is 0 Å². The lowest BCUT2D eigenvalue weighted by molar-refractivity contribution is 0.194. The molecule has 0 fully saturated rings. The van der Waals surface area contributed by atoms with Gasteiger partial charge in [-0.25, -0.2) is 4.98 Å².